The molecule has 2 aromatic carbocycles. The predicted molar refractivity (Wildman–Crippen MR) is 136 cm³/mol. The number of methoxy groups -OCH3 is 1. The standard InChI is InChI=1S/C27H29N3O3S/c1-3-4-5-9-14-33-24-13-12-21(17-25(24)32-2)15-22(18-28)26(31)30-27-29-19-23(34-27)16-20-10-7-6-8-11-20/h6-8,10-13,15,17,19H,3-5,9,14,16H2,1-2H3,(H,29,30,31)/b22-15+. The minimum Gasteiger partial charge on any atom is -0.493 e. The second-order valence-electron chi connectivity index (χ2n) is 7.74. The summed E-state index contributed by atoms with van der Waals surface area (Å²) in [7, 11) is 1.57. The van der Waals surface area contributed by atoms with Gasteiger partial charge in [-0.3, -0.25) is 10.1 Å². The van der Waals surface area contributed by atoms with E-state index in [1.165, 1.54) is 35.8 Å². The van der Waals surface area contributed by atoms with Crippen LogP contribution in [0, 0.1) is 11.3 Å². The summed E-state index contributed by atoms with van der Waals surface area (Å²) in [6, 6.07) is 17.4. The summed E-state index contributed by atoms with van der Waals surface area (Å²) in [5.41, 5.74) is 1.82. The topological polar surface area (TPSA) is 84.2 Å². The normalized spacial score (nSPS) is 11.0. The number of carbonyl (C=O) groups is 1. The largest absolute Gasteiger partial charge is 0.493 e. The molecule has 0 aliphatic heterocycles. The Bertz CT molecular complexity index is 1150. The van der Waals surface area contributed by atoms with E-state index < -0.39 is 5.91 Å². The lowest BCUT2D eigenvalue weighted by atomic mass is 10.1. The molecule has 0 saturated heterocycles. The van der Waals surface area contributed by atoms with Crippen LogP contribution in [0.2, 0.25) is 0 Å². The zero-order chi connectivity index (χ0) is 24.2. The van der Waals surface area contributed by atoms with Gasteiger partial charge in [-0.25, -0.2) is 4.98 Å². The summed E-state index contributed by atoms with van der Waals surface area (Å²) in [5.74, 6) is 0.707. The molecule has 34 heavy (non-hydrogen) atoms. The predicted octanol–water partition coefficient (Wildman–Crippen LogP) is 6.25. The molecular formula is C27H29N3O3S. The molecule has 1 heterocycles. The van der Waals surface area contributed by atoms with Gasteiger partial charge in [0.05, 0.1) is 13.7 Å². The summed E-state index contributed by atoms with van der Waals surface area (Å²) in [6.45, 7) is 2.80. The number of thiazole rings is 1. The molecule has 0 aliphatic rings. The Morgan fingerprint density at radius 2 is 1.97 bits per heavy atom. The lowest BCUT2D eigenvalue weighted by Crippen LogP contribution is -2.13. The van der Waals surface area contributed by atoms with Crippen LogP contribution in [0.1, 0.15) is 48.6 Å². The van der Waals surface area contributed by atoms with Crippen molar-refractivity contribution in [3.63, 3.8) is 0 Å². The van der Waals surface area contributed by atoms with E-state index in [4.69, 9.17) is 9.47 Å². The molecule has 0 aliphatic carbocycles. The molecule has 0 fully saturated rings. The van der Waals surface area contributed by atoms with Gasteiger partial charge in [0.15, 0.2) is 16.6 Å². The Morgan fingerprint density at radius 1 is 1.15 bits per heavy atom. The first-order valence-electron chi connectivity index (χ1n) is 11.4. The van der Waals surface area contributed by atoms with Gasteiger partial charge in [0.25, 0.3) is 5.91 Å². The number of amides is 1. The van der Waals surface area contributed by atoms with Gasteiger partial charge in [0, 0.05) is 17.5 Å². The number of rotatable bonds is 12. The van der Waals surface area contributed by atoms with Crippen molar-refractivity contribution in [1.82, 2.24) is 4.98 Å². The smallest absolute Gasteiger partial charge is 0.268 e. The zero-order valence-corrected chi connectivity index (χ0v) is 20.4. The fourth-order valence-corrected chi connectivity index (χ4v) is 4.17. The van der Waals surface area contributed by atoms with Crippen LogP contribution in [-0.2, 0) is 11.2 Å². The van der Waals surface area contributed by atoms with Crippen molar-refractivity contribution in [3.05, 3.63) is 76.3 Å². The van der Waals surface area contributed by atoms with E-state index in [9.17, 15) is 10.1 Å². The van der Waals surface area contributed by atoms with Crippen molar-refractivity contribution in [2.75, 3.05) is 19.0 Å². The van der Waals surface area contributed by atoms with E-state index in [0.29, 0.717) is 28.8 Å². The summed E-state index contributed by atoms with van der Waals surface area (Å²) < 4.78 is 11.3. The number of hydrogen-bond donors (Lipinski definition) is 1. The first-order chi connectivity index (χ1) is 16.6. The Kier molecular flexibility index (Phi) is 9.68. The number of nitrogens with zero attached hydrogens (tertiary/aromatic N) is 2. The first-order valence-corrected chi connectivity index (χ1v) is 12.2. The Hall–Kier alpha value is -3.63. The maximum Gasteiger partial charge on any atom is 0.268 e. The van der Waals surface area contributed by atoms with Crippen molar-refractivity contribution >= 4 is 28.5 Å². The van der Waals surface area contributed by atoms with Gasteiger partial charge in [0.1, 0.15) is 11.6 Å². The fraction of sp³-hybridized carbons (Fsp3) is 0.296. The van der Waals surface area contributed by atoms with Crippen LogP contribution in [-0.4, -0.2) is 24.6 Å². The molecule has 1 N–H and O–H groups in total. The number of unbranched alkanes of at least 4 members (excludes halogenated alkanes) is 3. The molecule has 7 heteroatoms. The fourth-order valence-electron chi connectivity index (χ4n) is 3.33. The number of ether oxygens (including phenoxy) is 2. The van der Waals surface area contributed by atoms with Crippen LogP contribution >= 0.6 is 11.3 Å². The molecule has 6 nitrogen and oxygen atoms in total. The third-order valence-corrected chi connectivity index (χ3v) is 6.03. The zero-order valence-electron chi connectivity index (χ0n) is 19.5. The average Bonchev–Trinajstić information content (AvgIpc) is 3.29. The SMILES string of the molecule is CCCCCCOc1ccc(/C=C(\C#N)C(=O)Nc2ncc(Cc3ccccc3)s2)cc1OC. The van der Waals surface area contributed by atoms with Crippen molar-refractivity contribution < 1.29 is 14.3 Å². The summed E-state index contributed by atoms with van der Waals surface area (Å²) in [5, 5.41) is 12.7. The Labute approximate surface area is 204 Å². The van der Waals surface area contributed by atoms with E-state index in [-0.39, 0.29) is 5.57 Å². The summed E-state index contributed by atoms with van der Waals surface area (Å²) >= 11 is 1.39. The number of benzene rings is 2. The maximum absolute atomic E-state index is 12.7. The average molecular weight is 476 g/mol. The van der Waals surface area contributed by atoms with Crippen LogP contribution in [0.3, 0.4) is 0 Å². The van der Waals surface area contributed by atoms with Crippen LogP contribution < -0.4 is 14.8 Å². The van der Waals surface area contributed by atoms with Crippen LogP contribution in [0.5, 0.6) is 11.5 Å². The van der Waals surface area contributed by atoms with Gasteiger partial charge in [-0.15, -0.1) is 11.3 Å². The summed E-state index contributed by atoms with van der Waals surface area (Å²) in [4.78, 5) is 18.0. The van der Waals surface area contributed by atoms with Crippen LogP contribution in [0.15, 0.2) is 60.3 Å². The summed E-state index contributed by atoms with van der Waals surface area (Å²) in [6.07, 6.45) is 8.50. The minimum atomic E-state index is -0.502. The minimum absolute atomic E-state index is 0.0184. The Balaban J connectivity index is 1.63. The highest BCUT2D eigenvalue weighted by atomic mass is 32.1. The molecule has 0 radical (unpaired) electrons. The Morgan fingerprint density at radius 3 is 2.71 bits per heavy atom. The van der Waals surface area contributed by atoms with Gasteiger partial charge in [-0.2, -0.15) is 5.26 Å². The third-order valence-electron chi connectivity index (χ3n) is 5.11. The van der Waals surface area contributed by atoms with Crippen molar-refractivity contribution in [3.8, 4) is 17.6 Å². The highest BCUT2D eigenvalue weighted by Crippen LogP contribution is 2.29. The molecule has 0 atom stereocenters. The highest BCUT2D eigenvalue weighted by molar-refractivity contribution is 7.15. The highest BCUT2D eigenvalue weighted by Gasteiger charge is 2.13. The number of anilines is 1. The molecule has 0 saturated carbocycles. The lowest BCUT2D eigenvalue weighted by Gasteiger charge is -2.11. The van der Waals surface area contributed by atoms with Gasteiger partial charge in [-0.05, 0) is 35.8 Å². The second kappa shape index (κ2) is 13.2. The molecule has 1 amide bonds. The first kappa shape index (κ1) is 25.0. The van der Waals surface area contributed by atoms with Gasteiger partial charge < -0.3 is 9.47 Å². The van der Waals surface area contributed by atoms with Gasteiger partial charge in [-0.1, -0.05) is 62.6 Å². The van der Waals surface area contributed by atoms with Crippen LogP contribution in [0.4, 0.5) is 5.13 Å². The molecular weight excluding hydrogens is 446 g/mol. The van der Waals surface area contributed by atoms with E-state index in [1.54, 1.807) is 31.5 Å². The van der Waals surface area contributed by atoms with Gasteiger partial charge >= 0.3 is 0 Å². The molecule has 3 aromatic rings. The number of nitrogens with one attached hydrogen (secondary N) is 1. The molecule has 3 rings (SSSR count). The number of hydrogen-bond acceptors (Lipinski definition) is 6. The second-order valence-corrected chi connectivity index (χ2v) is 8.85. The molecule has 1 aromatic heterocycles. The molecule has 0 unspecified atom stereocenters. The monoisotopic (exact) mass is 475 g/mol. The van der Waals surface area contributed by atoms with Crippen molar-refractivity contribution in [1.29, 1.82) is 5.26 Å². The molecule has 0 spiro atoms. The quantitative estimate of drug-likeness (QED) is 0.190. The molecule has 0 bridgehead atoms. The van der Waals surface area contributed by atoms with E-state index >= 15 is 0 Å². The number of carbonyl (C=O) groups excluding carboxylic acids is 1. The molecule has 176 valence electrons. The van der Waals surface area contributed by atoms with Gasteiger partial charge in [0.2, 0.25) is 0 Å². The third kappa shape index (κ3) is 7.46. The van der Waals surface area contributed by atoms with E-state index in [0.717, 1.165) is 24.1 Å². The lowest BCUT2D eigenvalue weighted by molar-refractivity contribution is -0.112. The van der Waals surface area contributed by atoms with Crippen molar-refractivity contribution in [2.24, 2.45) is 0 Å². The number of nitriles is 1. The van der Waals surface area contributed by atoms with E-state index in [2.05, 4.69) is 17.2 Å². The van der Waals surface area contributed by atoms with E-state index in [1.807, 2.05) is 36.4 Å². The number of aromatic nitrogens is 1. The maximum atomic E-state index is 12.7. The van der Waals surface area contributed by atoms with Crippen molar-refractivity contribution in [2.45, 2.75) is 39.0 Å². The van der Waals surface area contributed by atoms with Crippen LogP contribution in [0.25, 0.3) is 6.08 Å².